The van der Waals surface area contributed by atoms with Crippen LogP contribution in [0.3, 0.4) is 0 Å². The molecule has 0 radical (unpaired) electrons. The van der Waals surface area contributed by atoms with Crippen LogP contribution >= 0.6 is 23.2 Å². The lowest BCUT2D eigenvalue weighted by Crippen LogP contribution is -2.34. The van der Waals surface area contributed by atoms with Gasteiger partial charge in [-0.1, -0.05) is 23.2 Å². The first-order valence-corrected chi connectivity index (χ1v) is 7.83. The lowest BCUT2D eigenvalue weighted by molar-refractivity contribution is 0.247. The summed E-state index contributed by atoms with van der Waals surface area (Å²) in [7, 11) is 1.93. The van der Waals surface area contributed by atoms with Crippen molar-refractivity contribution in [1.29, 1.82) is 0 Å². The predicted molar refractivity (Wildman–Crippen MR) is 87.5 cm³/mol. The molecule has 2 N–H and O–H groups in total. The van der Waals surface area contributed by atoms with Gasteiger partial charge < -0.3 is 10.6 Å². The van der Waals surface area contributed by atoms with E-state index in [2.05, 4.69) is 15.7 Å². The van der Waals surface area contributed by atoms with Crippen LogP contribution in [0.2, 0.25) is 10.0 Å². The van der Waals surface area contributed by atoms with Crippen molar-refractivity contribution in [3.63, 3.8) is 0 Å². The van der Waals surface area contributed by atoms with Gasteiger partial charge in [0.25, 0.3) is 0 Å². The molecule has 0 saturated heterocycles. The van der Waals surface area contributed by atoms with Crippen LogP contribution in [0.1, 0.15) is 30.1 Å². The molecule has 1 heterocycles. The lowest BCUT2D eigenvalue weighted by Gasteiger charge is -2.24. The van der Waals surface area contributed by atoms with Crippen molar-refractivity contribution in [1.82, 2.24) is 15.1 Å². The monoisotopic (exact) mass is 338 g/mol. The molecule has 1 aliphatic carbocycles. The second-order valence-electron chi connectivity index (χ2n) is 5.34. The number of nitrogens with one attached hydrogen (secondary N) is 2. The van der Waals surface area contributed by atoms with E-state index in [4.69, 9.17) is 23.2 Å². The predicted octanol–water partition coefficient (Wildman–Crippen LogP) is 3.93. The summed E-state index contributed by atoms with van der Waals surface area (Å²) in [6.07, 6.45) is 4.77. The quantitative estimate of drug-likeness (QED) is 0.871. The normalized spacial score (nSPS) is 17.0. The fourth-order valence-electron chi connectivity index (χ4n) is 2.76. The van der Waals surface area contributed by atoms with Crippen LogP contribution in [0.4, 0.5) is 10.5 Å². The summed E-state index contributed by atoms with van der Waals surface area (Å²) in [6.45, 7) is 0. The third kappa shape index (κ3) is 3.05. The summed E-state index contributed by atoms with van der Waals surface area (Å²) in [5, 5.41) is 10.9. The molecule has 7 heteroatoms. The van der Waals surface area contributed by atoms with Crippen molar-refractivity contribution in [2.75, 3.05) is 5.32 Å². The number of halogens is 2. The number of urea groups is 1. The van der Waals surface area contributed by atoms with Gasteiger partial charge in [-0.05, 0) is 37.5 Å². The van der Waals surface area contributed by atoms with E-state index in [9.17, 15) is 4.79 Å². The highest BCUT2D eigenvalue weighted by molar-refractivity contribution is 6.42. The standard InChI is InChI=1S/C15H16Cl2N4O/c1-21-14-4-2-3-13(10(14)8-18-21)20-15(22)19-9-5-6-11(16)12(17)7-9/h5-8,13H,2-4H2,1H3,(H2,19,20,22)/t13-/m1/s1. The summed E-state index contributed by atoms with van der Waals surface area (Å²) in [5.41, 5.74) is 2.89. The fourth-order valence-corrected chi connectivity index (χ4v) is 3.05. The van der Waals surface area contributed by atoms with Crippen LogP contribution in [0.5, 0.6) is 0 Å². The molecule has 3 rings (SSSR count). The van der Waals surface area contributed by atoms with E-state index in [1.165, 1.54) is 5.69 Å². The first-order valence-electron chi connectivity index (χ1n) is 7.08. The van der Waals surface area contributed by atoms with Gasteiger partial charge >= 0.3 is 6.03 Å². The second kappa shape index (κ2) is 6.18. The highest BCUT2D eigenvalue weighted by Gasteiger charge is 2.24. The molecule has 0 saturated carbocycles. The molecule has 0 bridgehead atoms. The van der Waals surface area contributed by atoms with Gasteiger partial charge in [-0.15, -0.1) is 0 Å². The molecule has 1 aromatic heterocycles. The molecule has 0 fully saturated rings. The van der Waals surface area contributed by atoms with Crippen LogP contribution in [0.15, 0.2) is 24.4 Å². The average Bonchev–Trinajstić information content (AvgIpc) is 2.86. The number of hydrogen-bond donors (Lipinski definition) is 2. The van der Waals surface area contributed by atoms with Gasteiger partial charge in [0.1, 0.15) is 0 Å². The zero-order valence-corrected chi connectivity index (χ0v) is 13.6. The summed E-state index contributed by atoms with van der Waals surface area (Å²) < 4.78 is 1.88. The number of nitrogens with zero attached hydrogens (tertiary/aromatic N) is 2. The van der Waals surface area contributed by atoms with Crippen molar-refractivity contribution >= 4 is 34.9 Å². The number of aryl methyl sites for hydroxylation is 1. The van der Waals surface area contributed by atoms with Gasteiger partial charge in [0, 0.05) is 24.0 Å². The maximum Gasteiger partial charge on any atom is 0.319 e. The minimum absolute atomic E-state index is 0.0137. The molecule has 1 aliphatic rings. The largest absolute Gasteiger partial charge is 0.331 e. The Bertz CT molecular complexity index is 714. The third-order valence-electron chi connectivity index (χ3n) is 3.86. The van der Waals surface area contributed by atoms with E-state index in [-0.39, 0.29) is 12.1 Å². The molecular formula is C15H16Cl2N4O. The van der Waals surface area contributed by atoms with E-state index in [1.807, 2.05) is 17.9 Å². The van der Waals surface area contributed by atoms with Crippen LogP contribution in [0.25, 0.3) is 0 Å². The highest BCUT2D eigenvalue weighted by atomic mass is 35.5. The van der Waals surface area contributed by atoms with Gasteiger partial charge in [0.15, 0.2) is 0 Å². The number of hydrogen-bond acceptors (Lipinski definition) is 2. The first-order chi connectivity index (χ1) is 10.5. The summed E-state index contributed by atoms with van der Waals surface area (Å²) >= 11 is 11.8. The van der Waals surface area contributed by atoms with E-state index >= 15 is 0 Å². The summed E-state index contributed by atoms with van der Waals surface area (Å²) in [5.74, 6) is 0. The van der Waals surface area contributed by atoms with Crippen LogP contribution < -0.4 is 10.6 Å². The lowest BCUT2D eigenvalue weighted by atomic mass is 9.93. The molecular weight excluding hydrogens is 323 g/mol. The van der Waals surface area contributed by atoms with Crippen molar-refractivity contribution in [3.05, 3.63) is 45.7 Å². The first kappa shape index (κ1) is 15.2. The Morgan fingerprint density at radius 1 is 1.36 bits per heavy atom. The fraction of sp³-hybridized carbons (Fsp3) is 0.333. The molecule has 116 valence electrons. The smallest absolute Gasteiger partial charge is 0.319 e. The molecule has 1 aromatic carbocycles. The number of aromatic nitrogens is 2. The molecule has 0 spiro atoms. The number of fused-ring (bicyclic) bond motifs is 1. The average molecular weight is 339 g/mol. The van der Waals surface area contributed by atoms with Crippen molar-refractivity contribution < 1.29 is 4.79 Å². The van der Waals surface area contributed by atoms with E-state index in [0.29, 0.717) is 15.7 Å². The van der Waals surface area contributed by atoms with Gasteiger partial charge in [-0.2, -0.15) is 5.10 Å². The Kier molecular flexibility index (Phi) is 4.27. The number of carbonyl (C=O) groups is 1. The number of carbonyl (C=O) groups excluding carboxylic acids is 1. The number of rotatable bonds is 2. The highest BCUT2D eigenvalue weighted by Crippen LogP contribution is 2.29. The zero-order valence-electron chi connectivity index (χ0n) is 12.1. The van der Waals surface area contributed by atoms with Crippen molar-refractivity contribution in [2.45, 2.75) is 25.3 Å². The molecule has 1 atom stereocenters. The van der Waals surface area contributed by atoms with Gasteiger partial charge in [-0.25, -0.2) is 4.79 Å². The second-order valence-corrected chi connectivity index (χ2v) is 6.16. The van der Waals surface area contributed by atoms with E-state index in [1.54, 1.807) is 18.2 Å². The molecule has 2 aromatic rings. The van der Waals surface area contributed by atoms with Crippen LogP contribution in [-0.2, 0) is 13.5 Å². The molecule has 5 nitrogen and oxygen atoms in total. The molecule has 0 aliphatic heterocycles. The topological polar surface area (TPSA) is 59.0 Å². The Morgan fingerprint density at radius 2 is 2.18 bits per heavy atom. The Hall–Kier alpha value is -1.72. The zero-order chi connectivity index (χ0) is 15.7. The van der Waals surface area contributed by atoms with Gasteiger partial charge in [0.2, 0.25) is 0 Å². The minimum Gasteiger partial charge on any atom is -0.331 e. The van der Waals surface area contributed by atoms with Crippen molar-refractivity contribution in [2.24, 2.45) is 7.05 Å². The Morgan fingerprint density at radius 3 is 2.95 bits per heavy atom. The van der Waals surface area contributed by atoms with Gasteiger partial charge in [-0.3, -0.25) is 4.68 Å². The number of amides is 2. The summed E-state index contributed by atoms with van der Waals surface area (Å²) in [6, 6.07) is 4.71. The van der Waals surface area contributed by atoms with E-state index < -0.39 is 0 Å². The van der Waals surface area contributed by atoms with Crippen LogP contribution in [0, 0.1) is 0 Å². The van der Waals surface area contributed by atoms with Gasteiger partial charge in [0.05, 0.1) is 22.3 Å². The number of anilines is 1. The maximum atomic E-state index is 12.2. The molecule has 0 unspecified atom stereocenters. The maximum absolute atomic E-state index is 12.2. The Balaban J connectivity index is 1.68. The minimum atomic E-state index is -0.264. The molecule has 2 amide bonds. The number of benzene rings is 1. The third-order valence-corrected chi connectivity index (χ3v) is 4.60. The van der Waals surface area contributed by atoms with Crippen molar-refractivity contribution in [3.8, 4) is 0 Å². The SMILES string of the molecule is Cn1ncc2c1CCC[C@H]2NC(=O)Nc1ccc(Cl)c(Cl)c1. The van der Waals surface area contributed by atoms with E-state index in [0.717, 1.165) is 24.8 Å². The Labute approximate surface area is 138 Å². The van der Waals surface area contributed by atoms with Crippen LogP contribution in [-0.4, -0.2) is 15.8 Å². The molecule has 22 heavy (non-hydrogen) atoms. The summed E-state index contributed by atoms with van der Waals surface area (Å²) in [4.78, 5) is 12.2.